The fourth-order valence-electron chi connectivity index (χ4n) is 4.02. The molecule has 3 heterocycles. The van der Waals surface area contributed by atoms with Gasteiger partial charge in [0.15, 0.2) is 9.84 Å². The van der Waals surface area contributed by atoms with Gasteiger partial charge in [0.1, 0.15) is 12.1 Å². The van der Waals surface area contributed by atoms with E-state index in [4.69, 9.17) is 4.98 Å². The Morgan fingerprint density at radius 3 is 2.48 bits per heavy atom. The number of carbonyl (C=O) groups is 1. The summed E-state index contributed by atoms with van der Waals surface area (Å²) in [5.41, 5.74) is 2.60. The quantitative estimate of drug-likeness (QED) is 0.612. The molecule has 9 heteroatoms. The smallest absolute Gasteiger partial charge is 0.251 e. The van der Waals surface area contributed by atoms with Crippen LogP contribution in [0.4, 0.5) is 4.39 Å². The molecule has 1 aliphatic rings. The van der Waals surface area contributed by atoms with Gasteiger partial charge in [-0.25, -0.2) is 27.8 Å². The summed E-state index contributed by atoms with van der Waals surface area (Å²) in [7, 11) is -3.18. The molecule has 1 unspecified atom stereocenters. The van der Waals surface area contributed by atoms with Crippen molar-refractivity contribution >= 4 is 15.7 Å². The topological polar surface area (TPSA) is 102 Å². The fraction of sp³-hybridized carbons (Fsp3) is 0.333. The Balaban J connectivity index is 1.80. The number of benzene rings is 1. The highest BCUT2D eigenvalue weighted by atomic mass is 32.2. The van der Waals surface area contributed by atoms with Crippen LogP contribution >= 0.6 is 0 Å². The molecule has 1 amide bonds. The number of sulfone groups is 1. The average molecular weight is 469 g/mol. The van der Waals surface area contributed by atoms with Crippen LogP contribution in [0.1, 0.15) is 49.2 Å². The molecule has 0 spiro atoms. The van der Waals surface area contributed by atoms with Gasteiger partial charge in [0.2, 0.25) is 0 Å². The molecule has 0 aliphatic carbocycles. The molecule has 1 fully saturated rings. The van der Waals surface area contributed by atoms with E-state index in [-0.39, 0.29) is 23.2 Å². The first-order chi connectivity index (χ1) is 15.6. The molecule has 172 valence electrons. The summed E-state index contributed by atoms with van der Waals surface area (Å²) in [5.74, 6) is -0.727. The minimum absolute atomic E-state index is 0.0469. The van der Waals surface area contributed by atoms with Crippen LogP contribution in [-0.4, -0.2) is 46.3 Å². The predicted octanol–water partition coefficient (Wildman–Crippen LogP) is 3.78. The first kappa shape index (κ1) is 23.0. The second-order valence-corrected chi connectivity index (χ2v) is 11.2. The van der Waals surface area contributed by atoms with Gasteiger partial charge in [0.25, 0.3) is 5.91 Å². The number of hydrogen-bond donors (Lipinski definition) is 1. The lowest BCUT2D eigenvalue weighted by Crippen LogP contribution is -2.46. The zero-order chi connectivity index (χ0) is 23.8. The highest BCUT2D eigenvalue weighted by Gasteiger charge is 2.39. The molecule has 0 radical (unpaired) electrons. The van der Waals surface area contributed by atoms with E-state index in [0.717, 1.165) is 5.69 Å². The molecule has 2 aromatic heterocycles. The Labute approximate surface area is 192 Å². The Bertz CT molecular complexity index is 1310. The van der Waals surface area contributed by atoms with Crippen LogP contribution in [0.3, 0.4) is 0 Å². The molecule has 3 aromatic rings. The lowest BCUT2D eigenvalue weighted by molar-refractivity contribution is 0.0915. The molecular weight excluding hydrogens is 443 g/mol. The van der Waals surface area contributed by atoms with Gasteiger partial charge in [-0.05, 0) is 55.7 Å². The molecule has 1 saturated heterocycles. The van der Waals surface area contributed by atoms with Gasteiger partial charge in [0.05, 0.1) is 34.1 Å². The number of aromatic nitrogens is 3. The van der Waals surface area contributed by atoms with Crippen LogP contribution in [0.15, 0.2) is 48.9 Å². The van der Waals surface area contributed by atoms with Crippen molar-refractivity contribution in [1.29, 1.82) is 0 Å². The van der Waals surface area contributed by atoms with Crippen LogP contribution in [0, 0.1) is 5.82 Å². The molecule has 7 nitrogen and oxygen atoms in total. The maximum atomic E-state index is 13.5. The van der Waals surface area contributed by atoms with E-state index in [1.165, 1.54) is 18.5 Å². The first-order valence-electron chi connectivity index (χ1n) is 10.7. The summed E-state index contributed by atoms with van der Waals surface area (Å²) in [6, 6.07) is 9.13. The number of pyridine rings is 1. The molecule has 4 rings (SSSR count). The van der Waals surface area contributed by atoms with E-state index < -0.39 is 21.3 Å². The minimum Gasteiger partial charge on any atom is -0.346 e. The number of carbonyl (C=O) groups excluding carboxylic acids is 1. The van der Waals surface area contributed by atoms with Crippen molar-refractivity contribution in [3.8, 4) is 22.5 Å². The van der Waals surface area contributed by atoms with Gasteiger partial charge >= 0.3 is 0 Å². The standard InChI is InChI=1S/C24H25FN4O3S/c1-15(2)22-19(12-26-14-27-22)21-11-17(10-20(28-21)16-4-6-18(25)7-5-16)23(30)29-24(3)8-9-33(31,32)13-24/h4-7,10-12,14-15H,8-9,13H2,1-3H3,(H,29,30). The van der Waals surface area contributed by atoms with Crippen molar-refractivity contribution < 1.29 is 17.6 Å². The zero-order valence-corrected chi connectivity index (χ0v) is 19.5. The van der Waals surface area contributed by atoms with Gasteiger partial charge in [-0.2, -0.15) is 0 Å². The third-order valence-electron chi connectivity index (χ3n) is 5.71. The number of rotatable bonds is 5. The normalized spacial score (nSPS) is 19.5. The maximum absolute atomic E-state index is 13.5. The van der Waals surface area contributed by atoms with Crippen molar-refractivity contribution in [3.05, 3.63) is 66.0 Å². The summed E-state index contributed by atoms with van der Waals surface area (Å²) < 4.78 is 37.4. The Morgan fingerprint density at radius 1 is 1.15 bits per heavy atom. The van der Waals surface area contributed by atoms with E-state index in [0.29, 0.717) is 34.5 Å². The number of amides is 1. The molecule has 1 aliphatic heterocycles. The third-order valence-corrected chi connectivity index (χ3v) is 7.62. The van der Waals surface area contributed by atoms with Crippen LogP contribution in [-0.2, 0) is 9.84 Å². The van der Waals surface area contributed by atoms with E-state index in [1.807, 2.05) is 13.8 Å². The van der Waals surface area contributed by atoms with Crippen molar-refractivity contribution in [3.63, 3.8) is 0 Å². The van der Waals surface area contributed by atoms with Crippen molar-refractivity contribution in [2.75, 3.05) is 11.5 Å². The molecule has 33 heavy (non-hydrogen) atoms. The molecule has 1 atom stereocenters. The lowest BCUT2D eigenvalue weighted by atomic mass is 9.98. The minimum atomic E-state index is -3.18. The summed E-state index contributed by atoms with van der Waals surface area (Å²) in [6.45, 7) is 5.75. The van der Waals surface area contributed by atoms with Crippen LogP contribution in [0.2, 0.25) is 0 Å². The number of halogens is 1. The second-order valence-electron chi connectivity index (χ2n) is 8.97. The fourth-order valence-corrected chi connectivity index (χ4v) is 6.11. The van der Waals surface area contributed by atoms with Gasteiger partial charge in [0, 0.05) is 22.9 Å². The zero-order valence-electron chi connectivity index (χ0n) is 18.7. The van der Waals surface area contributed by atoms with Gasteiger partial charge in [-0.15, -0.1) is 0 Å². The SMILES string of the molecule is CC(C)c1ncncc1-c1cc(C(=O)NC2(C)CCS(=O)(=O)C2)cc(-c2ccc(F)cc2)n1. The Kier molecular flexibility index (Phi) is 6.00. The van der Waals surface area contributed by atoms with Gasteiger partial charge in [-0.3, -0.25) is 4.79 Å². The second kappa shape index (κ2) is 8.62. The molecule has 1 aromatic carbocycles. The highest BCUT2D eigenvalue weighted by molar-refractivity contribution is 7.91. The summed E-state index contributed by atoms with van der Waals surface area (Å²) in [4.78, 5) is 26.5. The summed E-state index contributed by atoms with van der Waals surface area (Å²) in [6.07, 6.45) is 3.48. The van der Waals surface area contributed by atoms with E-state index >= 15 is 0 Å². The first-order valence-corrected chi connectivity index (χ1v) is 12.5. The number of nitrogens with zero attached hydrogens (tertiary/aromatic N) is 3. The lowest BCUT2D eigenvalue weighted by Gasteiger charge is -2.24. The molecule has 1 N–H and O–H groups in total. The number of nitrogens with one attached hydrogen (secondary N) is 1. The predicted molar refractivity (Wildman–Crippen MR) is 124 cm³/mol. The van der Waals surface area contributed by atoms with E-state index in [2.05, 4.69) is 15.3 Å². The van der Waals surface area contributed by atoms with Crippen molar-refractivity contribution in [2.45, 2.75) is 38.6 Å². The van der Waals surface area contributed by atoms with Gasteiger partial charge in [-0.1, -0.05) is 13.8 Å². The van der Waals surface area contributed by atoms with Crippen LogP contribution < -0.4 is 5.32 Å². The van der Waals surface area contributed by atoms with E-state index in [9.17, 15) is 17.6 Å². The van der Waals surface area contributed by atoms with Gasteiger partial charge < -0.3 is 5.32 Å². The van der Waals surface area contributed by atoms with Crippen LogP contribution in [0.5, 0.6) is 0 Å². The molecule has 0 saturated carbocycles. The van der Waals surface area contributed by atoms with Crippen molar-refractivity contribution in [2.24, 2.45) is 0 Å². The third kappa shape index (κ3) is 5.08. The highest BCUT2D eigenvalue weighted by Crippen LogP contribution is 2.30. The molecule has 0 bridgehead atoms. The number of hydrogen-bond acceptors (Lipinski definition) is 6. The Morgan fingerprint density at radius 2 is 1.85 bits per heavy atom. The molecular formula is C24H25FN4O3S. The average Bonchev–Trinajstić information content (AvgIpc) is 3.06. The summed E-state index contributed by atoms with van der Waals surface area (Å²) in [5, 5.41) is 2.89. The largest absolute Gasteiger partial charge is 0.346 e. The Hall–Kier alpha value is -3.20. The van der Waals surface area contributed by atoms with Crippen molar-refractivity contribution in [1.82, 2.24) is 20.3 Å². The monoisotopic (exact) mass is 468 g/mol. The van der Waals surface area contributed by atoms with E-state index in [1.54, 1.807) is 37.4 Å². The maximum Gasteiger partial charge on any atom is 0.251 e. The summed E-state index contributed by atoms with van der Waals surface area (Å²) >= 11 is 0. The van der Waals surface area contributed by atoms with Crippen LogP contribution in [0.25, 0.3) is 22.5 Å².